The summed E-state index contributed by atoms with van der Waals surface area (Å²) in [5.74, 6) is 1.83. The second-order valence-corrected chi connectivity index (χ2v) is 6.45. The zero-order chi connectivity index (χ0) is 14.0. The third-order valence-electron chi connectivity index (χ3n) is 4.77. The Morgan fingerprint density at radius 1 is 1.26 bits per heavy atom. The third-order valence-corrected chi connectivity index (χ3v) is 4.77. The molecule has 0 saturated heterocycles. The van der Waals surface area contributed by atoms with Crippen LogP contribution < -0.4 is 5.32 Å². The molecule has 1 N–H and O–H groups in total. The first-order valence-corrected chi connectivity index (χ1v) is 7.38. The Morgan fingerprint density at radius 3 is 2.47 bits per heavy atom. The van der Waals surface area contributed by atoms with Crippen molar-refractivity contribution in [2.75, 3.05) is 7.11 Å². The van der Waals surface area contributed by atoms with Gasteiger partial charge in [-0.25, -0.2) is 4.79 Å². The maximum Gasteiger partial charge on any atom is 0.328 e. The van der Waals surface area contributed by atoms with Crippen molar-refractivity contribution in [3.63, 3.8) is 0 Å². The van der Waals surface area contributed by atoms with Gasteiger partial charge in [-0.1, -0.05) is 20.3 Å². The van der Waals surface area contributed by atoms with Crippen molar-refractivity contribution in [1.82, 2.24) is 5.32 Å². The minimum Gasteiger partial charge on any atom is -0.467 e. The lowest BCUT2D eigenvalue weighted by Crippen LogP contribution is -2.45. The van der Waals surface area contributed by atoms with Gasteiger partial charge in [0.05, 0.1) is 7.11 Å². The highest BCUT2D eigenvalue weighted by atomic mass is 16.5. The van der Waals surface area contributed by atoms with Gasteiger partial charge in [0.15, 0.2) is 0 Å². The number of hydrogen-bond acceptors (Lipinski definition) is 3. The van der Waals surface area contributed by atoms with E-state index in [1.807, 2.05) is 13.8 Å². The summed E-state index contributed by atoms with van der Waals surface area (Å²) in [6.45, 7) is 3.83. The van der Waals surface area contributed by atoms with Crippen molar-refractivity contribution >= 4 is 11.9 Å². The molecular weight excluding hydrogens is 242 g/mol. The molecule has 2 saturated carbocycles. The summed E-state index contributed by atoms with van der Waals surface area (Å²) in [5.41, 5.74) is 0. The Bertz CT molecular complexity index is 353. The molecule has 0 aromatic rings. The number of nitrogens with one attached hydrogen (secondary N) is 1. The van der Waals surface area contributed by atoms with Gasteiger partial charge >= 0.3 is 5.97 Å². The Balaban J connectivity index is 1.84. The van der Waals surface area contributed by atoms with Crippen LogP contribution in [0.15, 0.2) is 0 Å². The molecule has 0 radical (unpaired) electrons. The molecule has 2 bridgehead atoms. The summed E-state index contributed by atoms with van der Waals surface area (Å²) in [6, 6.07) is -0.518. The summed E-state index contributed by atoms with van der Waals surface area (Å²) < 4.78 is 4.74. The lowest BCUT2D eigenvalue weighted by atomic mass is 9.86. The fraction of sp³-hybridized carbons (Fsp3) is 0.867. The molecule has 2 rings (SSSR count). The fourth-order valence-electron chi connectivity index (χ4n) is 3.72. The Labute approximate surface area is 115 Å². The molecule has 0 heterocycles. The smallest absolute Gasteiger partial charge is 0.328 e. The molecular formula is C15H25NO3. The maximum absolute atomic E-state index is 12.1. The first kappa shape index (κ1) is 14.4. The summed E-state index contributed by atoms with van der Waals surface area (Å²) in [6.07, 6.45) is 5.71. The van der Waals surface area contributed by atoms with Crippen LogP contribution in [-0.4, -0.2) is 25.0 Å². The average Bonchev–Trinajstić information content (AvgIpc) is 2.96. The van der Waals surface area contributed by atoms with Crippen molar-refractivity contribution in [1.29, 1.82) is 0 Å². The number of amides is 1. The number of methoxy groups -OCH3 is 1. The lowest BCUT2D eigenvalue weighted by Gasteiger charge is -2.24. The first-order valence-electron chi connectivity index (χ1n) is 7.38. The largest absolute Gasteiger partial charge is 0.467 e. The van der Waals surface area contributed by atoms with E-state index in [-0.39, 0.29) is 17.8 Å². The number of hydrogen-bond donors (Lipinski definition) is 1. The summed E-state index contributed by atoms with van der Waals surface area (Å²) >= 11 is 0. The number of esters is 1. The van der Waals surface area contributed by atoms with Crippen molar-refractivity contribution < 1.29 is 14.3 Å². The van der Waals surface area contributed by atoms with Gasteiger partial charge in [-0.05, 0) is 42.9 Å². The monoisotopic (exact) mass is 267 g/mol. The van der Waals surface area contributed by atoms with E-state index in [2.05, 4.69) is 5.32 Å². The van der Waals surface area contributed by atoms with Crippen molar-refractivity contribution in [3.8, 4) is 0 Å². The molecule has 2 aliphatic carbocycles. The number of carbonyl (C=O) groups excluding carboxylic acids is 2. The van der Waals surface area contributed by atoms with E-state index >= 15 is 0 Å². The quantitative estimate of drug-likeness (QED) is 0.776. The van der Waals surface area contributed by atoms with E-state index < -0.39 is 6.04 Å². The number of ether oxygens (including phenoxy) is 1. The lowest BCUT2D eigenvalue weighted by molar-refractivity contribution is -0.146. The minimum absolute atomic E-state index is 0.00153. The number of fused-ring (bicyclic) bond motifs is 2. The molecule has 4 atom stereocenters. The van der Waals surface area contributed by atoms with Crippen molar-refractivity contribution in [2.24, 2.45) is 23.7 Å². The zero-order valence-corrected chi connectivity index (χ0v) is 12.1. The standard InChI is InChI=1S/C15H25NO3/c1-9(2)14(15(18)19-3)16-13(17)8-12-7-10-4-5-11(12)6-10/h9-12,14H,4-8H2,1-3H3,(H,16,17). The number of carbonyl (C=O) groups is 2. The van der Waals surface area contributed by atoms with E-state index in [4.69, 9.17) is 4.74 Å². The van der Waals surface area contributed by atoms with Gasteiger partial charge in [-0.3, -0.25) is 4.79 Å². The topological polar surface area (TPSA) is 55.4 Å². The third kappa shape index (κ3) is 3.28. The van der Waals surface area contributed by atoms with Crippen LogP contribution in [0.25, 0.3) is 0 Å². The summed E-state index contributed by atoms with van der Waals surface area (Å²) in [7, 11) is 1.36. The highest BCUT2D eigenvalue weighted by Gasteiger charge is 2.40. The van der Waals surface area contributed by atoms with Crippen molar-refractivity contribution in [3.05, 3.63) is 0 Å². The predicted octanol–water partition coefficient (Wildman–Crippen LogP) is 2.13. The van der Waals surface area contributed by atoms with Crippen LogP contribution in [-0.2, 0) is 14.3 Å². The van der Waals surface area contributed by atoms with Gasteiger partial charge < -0.3 is 10.1 Å². The molecule has 1 amide bonds. The molecule has 2 aliphatic rings. The number of rotatable bonds is 5. The Kier molecular flexibility index (Phi) is 4.48. The molecule has 4 unspecified atom stereocenters. The highest BCUT2D eigenvalue weighted by molar-refractivity contribution is 5.84. The van der Waals surface area contributed by atoms with Crippen LogP contribution in [0.2, 0.25) is 0 Å². The van der Waals surface area contributed by atoms with Crippen LogP contribution in [0, 0.1) is 23.7 Å². The predicted molar refractivity (Wildman–Crippen MR) is 72.3 cm³/mol. The molecule has 4 heteroatoms. The first-order chi connectivity index (χ1) is 9.01. The molecule has 2 fully saturated rings. The second-order valence-electron chi connectivity index (χ2n) is 6.45. The van der Waals surface area contributed by atoms with Gasteiger partial charge in [0.25, 0.3) is 0 Å². The molecule has 108 valence electrons. The van der Waals surface area contributed by atoms with Gasteiger partial charge in [0.2, 0.25) is 5.91 Å². The Morgan fingerprint density at radius 2 is 2.00 bits per heavy atom. The van der Waals surface area contributed by atoms with Gasteiger partial charge in [-0.15, -0.1) is 0 Å². The zero-order valence-electron chi connectivity index (χ0n) is 12.1. The fourth-order valence-corrected chi connectivity index (χ4v) is 3.72. The van der Waals surface area contributed by atoms with Crippen LogP contribution in [0.5, 0.6) is 0 Å². The maximum atomic E-state index is 12.1. The Hall–Kier alpha value is -1.06. The normalized spacial score (nSPS) is 30.4. The van der Waals surface area contributed by atoms with Crippen LogP contribution in [0.3, 0.4) is 0 Å². The van der Waals surface area contributed by atoms with E-state index in [1.165, 1.54) is 32.8 Å². The summed E-state index contributed by atoms with van der Waals surface area (Å²) in [4.78, 5) is 23.7. The van der Waals surface area contributed by atoms with Crippen LogP contribution in [0.4, 0.5) is 0 Å². The van der Waals surface area contributed by atoms with E-state index in [0.717, 1.165) is 11.8 Å². The SMILES string of the molecule is COC(=O)C(NC(=O)CC1CC2CCC1C2)C(C)C. The summed E-state index contributed by atoms with van der Waals surface area (Å²) in [5, 5.41) is 2.84. The van der Waals surface area contributed by atoms with Gasteiger partial charge in [0, 0.05) is 6.42 Å². The van der Waals surface area contributed by atoms with Crippen LogP contribution in [0.1, 0.15) is 46.0 Å². The molecule has 0 spiro atoms. The van der Waals surface area contributed by atoms with E-state index in [1.54, 1.807) is 0 Å². The molecule has 0 aromatic heterocycles. The molecule has 19 heavy (non-hydrogen) atoms. The molecule has 0 aliphatic heterocycles. The van der Waals surface area contributed by atoms with Gasteiger partial charge in [-0.2, -0.15) is 0 Å². The molecule has 0 aromatic carbocycles. The van der Waals surface area contributed by atoms with Crippen molar-refractivity contribution in [2.45, 2.75) is 52.0 Å². The second kappa shape index (κ2) is 5.93. The van der Waals surface area contributed by atoms with E-state index in [9.17, 15) is 9.59 Å². The molecule has 4 nitrogen and oxygen atoms in total. The minimum atomic E-state index is -0.518. The van der Waals surface area contributed by atoms with Crippen LogP contribution >= 0.6 is 0 Å². The van der Waals surface area contributed by atoms with Gasteiger partial charge in [0.1, 0.15) is 6.04 Å². The highest BCUT2D eigenvalue weighted by Crippen LogP contribution is 2.49. The van der Waals surface area contributed by atoms with E-state index in [0.29, 0.717) is 12.3 Å². The average molecular weight is 267 g/mol.